The third-order valence-corrected chi connectivity index (χ3v) is 8.44. The summed E-state index contributed by atoms with van der Waals surface area (Å²) in [6.45, 7) is 0. The van der Waals surface area contributed by atoms with Crippen LogP contribution in [0.1, 0.15) is 41.8 Å². The maximum Gasteiger partial charge on any atom is 0.261 e. The lowest BCUT2D eigenvalue weighted by molar-refractivity contribution is -0.145. The minimum atomic E-state index is -0.317. The van der Waals surface area contributed by atoms with Crippen molar-refractivity contribution in [3.8, 4) is 10.4 Å². The zero-order chi connectivity index (χ0) is 19.5. The maximum atomic E-state index is 12.9. The zero-order valence-electron chi connectivity index (χ0n) is 15.5. The van der Waals surface area contributed by atoms with Crippen molar-refractivity contribution in [1.29, 1.82) is 0 Å². The third-order valence-electron chi connectivity index (χ3n) is 7.05. The predicted molar refractivity (Wildman–Crippen MR) is 111 cm³/mol. The van der Waals surface area contributed by atoms with Crippen LogP contribution in [0.15, 0.2) is 36.4 Å². The van der Waals surface area contributed by atoms with E-state index < -0.39 is 0 Å². The van der Waals surface area contributed by atoms with E-state index in [1.165, 1.54) is 11.3 Å². The van der Waals surface area contributed by atoms with Gasteiger partial charge in [-0.15, -0.1) is 11.3 Å². The molecule has 4 bridgehead atoms. The van der Waals surface area contributed by atoms with Crippen molar-refractivity contribution in [2.24, 2.45) is 28.9 Å². The summed E-state index contributed by atoms with van der Waals surface area (Å²) in [5.41, 5.74) is 6.51. The molecule has 1 aromatic heterocycles. The molecule has 146 valence electrons. The standard InChI is InChI=1S/C22H23ClN2O2S/c23-16-3-1-13(2-4-16)17-5-6-18(28-17)20(26)25-19-14-7-12-8-15(19)11-22(9-12,10-14)21(24)27/h1-6,12,14-15,19H,7-11H2,(H2,24,27)(H,25,26). The number of primary amides is 1. The van der Waals surface area contributed by atoms with Gasteiger partial charge in [0.15, 0.2) is 0 Å². The van der Waals surface area contributed by atoms with Crippen LogP contribution in [-0.4, -0.2) is 17.9 Å². The Bertz CT molecular complexity index is 922. The average Bonchev–Trinajstić information content (AvgIpc) is 3.15. The van der Waals surface area contributed by atoms with E-state index in [9.17, 15) is 9.59 Å². The Morgan fingerprint density at radius 1 is 1.04 bits per heavy atom. The van der Waals surface area contributed by atoms with Gasteiger partial charge in [-0.2, -0.15) is 0 Å². The Hall–Kier alpha value is -1.85. The van der Waals surface area contributed by atoms with Gasteiger partial charge in [-0.05, 0) is 79.7 Å². The number of carbonyl (C=O) groups excluding carboxylic acids is 2. The molecule has 1 aromatic carbocycles. The molecule has 0 saturated heterocycles. The minimum absolute atomic E-state index is 0.00388. The van der Waals surface area contributed by atoms with Crippen LogP contribution in [-0.2, 0) is 4.79 Å². The van der Waals surface area contributed by atoms with Gasteiger partial charge < -0.3 is 11.1 Å². The minimum Gasteiger partial charge on any atom is -0.369 e. The fourth-order valence-corrected chi connectivity index (χ4v) is 7.05. The third kappa shape index (κ3) is 2.96. The van der Waals surface area contributed by atoms with Crippen molar-refractivity contribution in [2.75, 3.05) is 0 Å². The molecule has 4 saturated carbocycles. The second-order valence-electron chi connectivity index (χ2n) is 8.78. The SMILES string of the molecule is NC(=O)C12CC3CC(C1)C(NC(=O)c1ccc(-c4ccc(Cl)cc4)s1)C(C3)C2. The summed E-state index contributed by atoms with van der Waals surface area (Å²) in [5, 5.41) is 4.01. The molecule has 0 spiro atoms. The highest BCUT2D eigenvalue weighted by molar-refractivity contribution is 7.17. The van der Waals surface area contributed by atoms with E-state index in [4.69, 9.17) is 17.3 Å². The van der Waals surface area contributed by atoms with Crippen LogP contribution in [0.2, 0.25) is 5.02 Å². The van der Waals surface area contributed by atoms with Crippen LogP contribution < -0.4 is 11.1 Å². The first-order valence-electron chi connectivity index (χ1n) is 9.90. The topological polar surface area (TPSA) is 72.2 Å². The molecule has 2 aromatic rings. The van der Waals surface area contributed by atoms with E-state index in [0.29, 0.717) is 22.8 Å². The highest BCUT2D eigenvalue weighted by Crippen LogP contribution is 2.59. The van der Waals surface area contributed by atoms with Crippen LogP contribution in [0.4, 0.5) is 0 Å². The van der Waals surface area contributed by atoms with Gasteiger partial charge in [-0.1, -0.05) is 23.7 Å². The molecule has 2 atom stereocenters. The van der Waals surface area contributed by atoms with Crippen molar-refractivity contribution < 1.29 is 9.59 Å². The van der Waals surface area contributed by atoms with Gasteiger partial charge in [0.2, 0.25) is 5.91 Å². The summed E-state index contributed by atoms with van der Waals surface area (Å²) in [4.78, 5) is 26.8. The summed E-state index contributed by atoms with van der Waals surface area (Å²) in [6, 6.07) is 11.7. The fraction of sp³-hybridized carbons (Fsp3) is 0.455. The zero-order valence-corrected chi connectivity index (χ0v) is 17.1. The second-order valence-corrected chi connectivity index (χ2v) is 10.3. The molecule has 28 heavy (non-hydrogen) atoms. The molecule has 0 aliphatic heterocycles. The molecule has 1 heterocycles. The number of amides is 2. The number of halogens is 1. The fourth-order valence-electron chi connectivity index (χ4n) is 6.01. The Morgan fingerprint density at radius 3 is 2.36 bits per heavy atom. The van der Waals surface area contributed by atoms with Crippen molar-refractivity contribution >= 4 is 34.8 Å². The number of thiophene rings is 1. The Kier molecular flexibility index (Phi) is 4.29. The molecule has 4 aliphatic carbocycles. The van der Waals surface area contributed by atoms with Gasteiger partial charge in [0.25, 0.3) is 5.91 Å². The van der Waals surface area contributed by atoms with Crippen LogP contribution in [0.5, 0.6) is 0 Å². The molecule has 4 nitrogen and oxygen atoms in total. The van der Waals surface area contributed by atoms with Gasteiger partial charge in [-0.3, -0.25) is 9.59 Å². The van der Waals surface area contributed by atoms with E-state index in [1.54, 1.807) is 0 Å². The molecular formula is C22H23ClN2O2S. The summed E-state index contributed by atoms with van der Waals surface area (Å²) in [6.07, 6.45) is 4.83. The Morgan fingerprint density at radius 2 is 1.71 bits per heavy atom. The second kappa shape index (κ2) is 6.60. The number of carbonyl (C=O) groups is 2. The van der Waals surface area contributed by atoms with Crippen LogP contribution in [0, 0.1) is 23.2 Å². The summed E-state index contributed by atoms with van der Waals surface area (Å²) in [7, 11) is 0. The largest absolute Gasteiger partial charge is 0.369 e. The monoisotopic (exact) mass is 414 g/mol. The van der Waals surface area contributed by atoms with Gasteiger partial charge >= 0.3 is 0 Å². The van der Waals surface area contributed by atoms with E-state index in [0.717, 1.165) is 47.4 Å². The Labute approximate surface area is 173 Å². The van der Waals surface area contributed by atoms with Gasteiger partial charge in [-0.25, -0.2) is 0 Å². The summed E-state index contributed by atoms with van der Waals surface area (Å²) < 4.78 is 0. The van der Waals surface area contributed by atoms with Crippen LogP contribution in [0.3, 0.4) is 0 Å². The first-order chi connectivity index (χ1) is 13.4. The summed E-state index contributed by atoms with van der Waals surface area (Å²) >= 11 is 7.46. The number of hydrogen-bond donors (Lipinski definition) is 2. The highest BCUT2D eigenvalue weighted by atomic mass is 35.5. The van der Waals surface area contributed by atoms with Gasteiger partial charge in [0.1, 0.15) is 0 Å². The molecule has 4 aliphatic rings. The van der Waals surface area contributed by atoms with Crippen molar-refractivity contribution in [2.45, 2.75) is 38.1 Å². The Balaban J connectivity index is 1.32. The number of nitrogens with two attached hydrogens (primary N) is 1. The number of rotatable bonds is 4. The van der Waals surface area contributed by atoms with Gasteiger partial charge in [0.05, 0.1) is 4.88 Å². The molecule has 6 heteroatoms. The lowest BCUT2D eigenvalue weighted by Crippen LogP contribution is -2.62. The van der Waals surface area contributed by atoms with E-state index in [1.807, 2.05) is 36.4 Å². The molecule has 0 radical (unpaired) electrons. The molecule has 2 amide bonds. The number of benzene rings is 1. The lowest BCUT2D eigenvalue weighted by atomic mass is 9.47. The highest BCUT2D eigenvalue weighted by Gasteiger charge is 2.58. The summed E-state index contributed by atoms with van der Waals surface area (Å²) in [5.74, 6) is 1.20. The molecule has 6 rings (SSSR count). The van der Waals surface area contributed by atoms with Crippen molar-refractivity contribution in [1.82, 2.24) is 5.32 Å². The first-order valence-corrected chi connectivity index (χ1v) is 11.1. The smallest absolute Gasteiger partial charge is 0.261 e. The molecule has 2 unspecified atom stereocenters. The lowest BCUT2D eigenvalue weighted by Gasteiger charge is -2.58. The molecule has 3 N–H and O–H groups in total. The number of hydrogen-bond acceptors (Lipinski definition) is 3. The van der Waals surface area contributed by atoms with Gasteiger partial charge in [0, 0.05) is 21.4 Å². The average molecular weight is 415 g/mol. The molecular weight excluding hydrogens is 392 g/mol. The van der Waals surface area contributed by atoms with E-state index in [2.05, 4.69) is 5.32 Å². The predicted octanol–water partition coefficient (Wildman–Crippen LogP) is 4.48. The molecule has 4 fully saturated rings. The van der Waals surface area contributed by atoms with E-state index in [-0.39, 0.29) is 23.3 Å². The first kappa shape index (κ1) is 18.2. The normalized spacial score (nSPS) is 33.0. The van der Waals surface area contributed by atoms with Crippen molar-refractivity contribution in [3.05, 3.63) is 46.3 Å². The van der Waals surface area contributed by atoms with Crippen molar-refractivity contribution in [3.63, 3.8) is 0 Å². The quantitative estimate of drug-likeness (QED) is 0.774. The van der Waals surface area contributed by atoms with E-state index >= 15 is 0 Å². The maximum absolute atomic E-state index is 12.9. The number of nitrogens with one attached hydrogen (secondary N) is 1. The van der Waals surface area contributed by atoms with Crippen LogP contribution in [0.25, 0.3) is 10.4 Å². The van der Waals surface area contributed by atoms with Crippen LogP contribution >= 0.6 is 22.9 Å².